The molecule has 0 heterocycles. The fourth-order valence-corrected chi connectivity index (χ4v) is 4.10. The van der Waals surface area contributed by atoms with E-state index in [-0.39, 0.29) is 5.69 Å². The average Bonchev–Trinajstić information content (AvgIpc) is 2.96. The van der Waals surface area contributed by atoms with Gasteiger partial charge in [-0.3, -0.25) is 0 Å². The van der Waals surface area contributed by atoms with Crippen LogP contribution in [0, 0.1) is 29.1 Å². The number of halogens is 5. The van der Waals surface area contributed by atoms with Crippen molar-refractivity contribution in [2.45, 2.75) is 0 Å². The third-order valence-electron chi connectivity index (χ3n) is 5.93. The molecule has 2 nitrogen and oxygen atoms in total. The molecule has 0 aromatic heterocycles. The smallest absolute Gasteiger partial charge is 0.200 e. The van der Waals surface area contributed by atoms with Crippen LogP contribution in [-0.2, 0) is 0 Å². The number of amidine groups is 1. The third-order valence-corrected chi connectivity index (χ3v) is 5.93. The van der Waals surface area contributed by atoms with Crippen molar-refractivity contribution in [3.63, 3.8) is 0 Å². The summed E-state index contributed by atoms with van der Waals surface area (Å²) in [5.41, 5.74) is 2.24. The molecule has 7 heteroatoms. The summed E-state index contributed by atoms with van der Waals surface area (Å²) in [6.07, 6.45) is 0. The number of aliphatic imine (C=N–C) groups is 1. The van der Waals surface area contributed by atoms with E-state index in [0.29, 0.717) is 16.8 Å². The lowest BCUT2D eigenvalue weighted by Gasteiger charge is -2.17. The zero-order valence-corrected chi connectivity index (χ0v) is 19.7. The number of hydrogen-bond donors (Lipinski definition) is 1. The SMILES string of the molecule is Fc1c(F)c(F)c(C(=Nc2ccccc2-c2ccccc2)Nc2ccccc2-c2ccccc2)c(F)c1F. The molecule has 0 unspecified atom stereocenters. The monoisotopic (exact) mass is 514 g/mol. The van der Waals surface area contributed by atoms with Gasteiger partial charge in [0.25, 0.3) is 0 Å². The van der Waals surface area contributed by atoms with Crippen LogP contribution in [0.25, 0.3) is 22.3 Å². The number of nitrogens with zero attached hydrogens (tertiary/aromatic N) is 1. The second-order valence-electron chi connectivity index (χ2n) is 8.33. The molecule has 5 aromatic carbocycles. The average molecular weight is 514 g/mol. The van der Waals surface area contributed by atoms with E-state index < -0.39 is 40.5 Å². The van der Waals surface area contributed by atoms with Crippen molar-refractivity contribution in [1.29, 1.82) is 0 Å². The van der Waals surface area contributed by atoms with Gasteiger partial charge in [-0.15, -0.1) is 0 Å². The fraction of sp³-hybridized carbons (Fsp3) is 0. The van der Waals surface area contributed by atoms with Gasteiger partial charge >= 0.3 is 0 Å². The van der Waals surface area contributed by atoms with Crippen LogP contribution in [0.2, 0.25) is 0 Å². The summed E-state index contributed by atoms with van der Waals surface area (Å²) in [5.74, 6) is -10.9. The van der Waals surface area contributed by atoms with Crippen LogP contribution in [0.1, 0.15) is 5.56 Å². The van der Waals surface area contributed by atoms with Gasteiger partial charge in [-0.1, -0.05) is 97.1 Å². The number of benzene rings is 5. The van der Waals surface area contributed by atoms with E-state index in [1.807, 2.05) is 60.7 Å². The molecule has 0 aliphatic heterocycles. The molecule has 5 aromatic rings. The molecular weight excluding hydrogens is 495 g/mol. The summed E-state index contributed by atoms with van der Waals surface area (Å²) in [6, 6.07) is 31.9. The van der Waals surface area contributed by atoms with Crippen LogP contribution >= 0.6 is 0 Å². The number of anilines is 1. The minimum absolute atomic E-state index is 0.266. The Labute approximate surface area is 215 Å². The van der Waals surface area contributed by atoms with Crippen LogP contribution in [0.15, 0.2) is 114 Å². The van der Waals surface area contributed by atoms with Crippen LogP contribution in [0.4, 0.5) is 33.3 Å². The molecule has 0 aliphatic rings. The number of hydrogen-bond acceptors (Lipinski definition) is 1. The van der Waals surface area contributed by atoms with E-state index in [0.717, 1.165) is 11.1 Å². The Morgan fingerprint density at radius 2 is 0.921 bits per heavy atom. The highest BCUT2D eigenvalue weighted by molar-refractivity contribution is 6.11. The highest BCUT2D eigenvalue weighted by Crippen LogP contribution is 2.34. The summed E-state index contributed by atoms with van der Waals surface area (Å²) in [4.78, 5) is 4.44. The highest BCUT2D eigenvalue weighted by atomic mass is 19.2. The molecule has 0 radical (unpaired) electrons. The lowest BCUT2D eigenvalue weighted by atomic mass is 10.0. The standard InChI is InChI=1S/C31H19F5N2/c32-26-25(27(33)29(35)30(36)28(26)34)31(37-23-17-9-7-15-21(23)19-11-3-1-4-12-19)38-24-18-10-8-16-22(24)20-13-5-2-6-14-20/h1-18H,(H,37,38). The quantitative estimate of drug-likeness (QED) is 0.0818. The van der Waals surface area contributed by atoms with Gasteiger partial charge in [-0.2, -0.15) is 0 Å². The van der Waals surface area contributed by atoms with E-state index in [1.54, 1.807) is 48.5 Å². The Morgan fingerprint density at radius 3 is 1.53 bits per heavy atom. The predicted molar refractivity (Wildman–Crippen MR) is 140 cm³/mol. The molecule has 5 rings (SSSR count). The van der Waals surface area contributed by atoms with Crippen LogP contribution in [0.3, 0.4) is 0 Å². The van der Waals surface area contributed by atoms with Crippen molar-refractivity contribution in [2.75, 3.05) is 5.32 Å². The Hall–Kier alpha value is -4.78. The molecule has 0 spiro atoms. The van der Waals surface area contributed by atoms with Gasteiger partial charge in [-0.25, -0.2) is 26.9 Å². The van der Waals surface area contributed by atoms with Crippen LogP contribution < -0.4 is 5.32 Å². The van der Waals surface area contributed by atoms with E-state index in [4.69, 9.17) is 0 Å². The van der Waals surface area contributed by atoms with Gasteiger partial charge in [0.05, 0.1) is 11.3 Å². The summed E-state index contributed by atoms with van der Waals surface area (Å²) in [7, 11) is 0. The minimum atomic E-state index is -2.24. The molecule has 0 saturated heterocycles. The summed E-state index contributed by atoms with van der Waals surface area (Å²) in [6.45, 7) is 0. The Balaban J connectivity index is 1.74. The maximum atomic E-state index is 15.1. The van der Waals surface area contributed by atoms with Crippen molar-refractivity contribution < 1.29 is 22.0 Å². The maximum Gasteiger partial charge on any atom is 0.200 e. The fourth-order valence-electron chi connectivity index (χ4n) is 4.10. The van der Waals surface area contributed by atoms with Gasteiger partial charge in [0.2, 0.25) is 5.82 Å². The highest BCUT2D eigenvalue weighted by Gasteiger charge is 2.29. The molecule has 38 heavy (non-hydrogen) atoms. The van der Waals surface area contributed by atoms with Crippen molar-refractivity contribution in [2.24, 2.45) is 4.99 Å². The van der Waals surface area contributed by atoms with E-state index >= 15 is 8.78 Å². The number of nitrogens with one attached hydrogen (secondary N) is 1. The van der Waals surface area contributed by atoms with Gasteiger partial charge in [-0.05, 0) is 23.3 Å². The first-order chi connectivity index (χ1) is 18.5. The molecule has 0 atom stereocenters. The van der Waals surface area contributed by atoms with E-state index in [2.05, 4.69) is 10.3 Å². The van der Waals surface area contributed by atoms with E-state index in [9.17, 15) is 13.2 Å². The van der Waals surface area contributed by atoms with Crippen LogP contribution in [0.5, 0.6) is 0 Å². The van der Waals surface area contributed by atoms with Crippen molar-refractivity contribution in [3.05, 3.63) is 144 Å². The minimum Gasteiger partial charge on any atom is -0.339 e. The first-order valence-electron chi connectivity index (χ1n) is 11.6. The molecule has 0 saturated carbocycles. The zero-order valence-electron chi connectivity index (χ0n) is 19.7. The number of para-hydroxylation sites is 2. The summed E-state index contributed by atoms with van der Waals surface area (Å²) in [5, 5.41) is 2.86. The van der Waals surface area contributed by atoms with Crippen molar-refractivity contribution >= 4 is 17.2 Å². The molecule has 0 bridgehead atoms. The first kappa shape index (κ1) is 24.9. The van der Waals surface area contributed by atoms with Crippen molar-refractivity contribution in [1.82, 2.24) is 0 Å². The first-order valence-corrected chi connectivity index (χ1v) is 11.6. The lowest BCUT2D eigenvalue weighted by molar-refractivity contribution is 0.377. The predicted octanol–water partition coefficient (Wildman–Crippen LogP) is 8.91. The Morgan fingerprint density at radius 1 is 0.474 bits per heavy atom. The largest absolute Gasteiger partial charge is 0.339 e. The summed E-state index contributed by atoms with van der Waals surface area (Å²) < 4.78 is 72.6. The third kappa shape index (κ3) is 4.78. The Kier molecular flexibility index (Phi) is 7.00. The second kappa shape index (κ2) is 10.7. The van der Waals surface area contributed by atoms with Gasteiger partial charge in [0.15, 0.2) is 23.3 Å². The molecular formula is C31H19F5N2. The molecule has 0 aliphatic carbocycles. The van der Waals surface area contributed by atoms with Crippen LogP contribution in [-0.4, -0.2) is 5.84 Å². The van der Waals surface area contributed by atoms with E-state index in [1.165, 1.54) is 0 Å². The topological polar surface area (TPSA) is 24.4 Å². The lowest BCUT2D eigenvalue weighted by Crippen LogP contribution is -2.21. The maximum absolute atomic E-state index is 15.1. The molecule has 1 N–H and O–H groups in total. The normalized spacial score (nSPS) is 11.4. The van der Waals surface area contributed by atoms with Gasteiger partial charge in [0.1, 0.15) is 5.84 Å². The van der Waals surface area contributed by atoms with Gasteiger partial charge in [0, 0.05) is 16.8 Å². The molecule has 0 amide bonds. The van der Waals surface area contributed by atoms with Crippen molar-refractivity contribution in [3.8, 4) is 22.3 Å². The Bertz CT molecular complexity index is 1600. The molecule has 0 fully saturated rings. The zero-order chi connectivity index (χ0) is 26.6. The molecule has 188 valence electrons. The van der Waals surface area contributed by atoms with Gasteiger partial charge < -0.3 is 5.32 Å². The number of rotatable bonds is 5. The summed E-state index contributed by atoms with van der Waals surface area (Å²) >= 11 is 0. The second-order valence-corrected chi connectivity index (χ2v) is 8.33.